The van der Waals surface area contributed by atoms with Gasteiger partial charge >= 0.3 is 0 Å². The second-order valence-corrected chi connectivity index (χ2v) is 9.49. The minimum absolute atomic E-state index is 0. The molecule has 0 amide bonds. The quantitative estimate of drug-likeness (QED) is 0.211. The molecule has 3 N–H and O–H groups in total. The van der Waals surface area contributed by atoms with Crippen molar-refractivity contribution >= 4 is 52.2 Å². The summed E-state index contributed by atoms with van der Waals surface area (Å²) in [7, 11) is 0. The maximum absolute atomic E-state index is 11.9. The molecule has 11 heteroatoms. The molecule has 0 saturated heterocycles. The zero-order valence-corrected chi connectivity index (χ0v) is 25.3. The Bertz CT molecular complexity index is 1060. The number of allylic oxidation sites excluding steroid dienone is 15. The predicted molar refractivity (Wildman–Crippen MR) is 149 cm³/mol. The maximum atomic E-state index is 11.9. The number of carbonyl (C=O) groups excluding carboxylic acids is 3. The Hall–Kier alpha value is -1.76. The Labute approximate surface area is 269 Å². The maximum Gasteiger partial charge on any atom is 0.187 e. The van der Waals surface area contributed by atoms with Crippen LogP contribution in [0.15, 0.2) is 105 Å². The molecule has 0 bridgehead atoms. The van der Waals surface area contributed by atoms with E-state index in [0.717, 1.165) is 0 Å². The number of ketones is 3. The predicted octanol–water partition coefficient (Wildman–Crippen LogP) is 3.49. The molecule has 3 aliphatic carbocycles. The van der Waals surface area contributed by atoms with Gasteiger partial charge in [0, 0.05) is 130 Å². The molecule has 0 radical (unpaired) electrons. The van der Waals surface area contributed by atoms with Crippen LogP contribution in [0.1, 0.15) is 0 Å². The molecule has 0 aromatic carbocycles. The Morgan fingerprint density at radius 3 is 1.13 bits per heavy atom. The van der Waals surface area contributed by atoms with E-state index in [0.29, 0.717) is 71.1 Å². The van der Waals surface area contributed by atoms with E-state index in [1.165, 1.54) is 18.2 Å². The molecular formula is C27H27Cl3N4O3Sm. The second-order valence-electron chi connectivity index (χ2n) is 8.18. The number of hydrogen-bond donors (Lipinski definition) is 3. The first-order chi connectivity index (χ1) is 17.8. The molecule has 3 aliphatic rings. The Morgan fingerprint density at radius 2 is 0.842 bits per heavy atom. The molecule has 0 atom stereocenters. The summed E-state index contributed by atoms with van der Waals surface area (Å²) < 4.78 is 0. The molecule has 3 rings (SSSR count). The van der Waals surface area contributed by atoms with Gasteiger partial charge in [0.25, 0.3) is 0 Å². The number of hydrogen-bond acceptors (Lipinski definition) is 7. The van der Waals surface area contributed by atoms with Crippen molar-refractivity contribution in [2.75, 3.05) is 39.3 Å². The van der Waals surface area contributed by atoms with Crippen molar-refractivity contribution in [1.82, 2.24) is 20.9 Å². The molecular weight excluding hydrogens is 685 g/mol. The number of halogens is 3. The molecule has 38 heavy (non-hydrogen) atoms. The Kier molecular flexibility index (Phi) is 14.5. The number of carbonyl (C=O) groups is 3. The standard InChI is InChI=1S/C27H27Cl3N4O3.Sm/c28-22-1-4-25(35)19(13-22)16-31-7-10-34(11-8-32-17-20-14-23(29)2-5-26(20)36)12-9-33-18-21-15-24(30)3-6-27(21)37;/h1-6,13-18,31-33H,7-12H2;. The molecule has 200 valence electrons. The zero-order valence-electron chi connectivity index (χ0n) is 20.4. The van der Waals surface area contributed by atoms with E-state index in [1.54, 1.807) is 55.1 Å². The van der Waals surface area contributed by atoms with Gasteiger partial charge in [-0.15, -0.1) is 0 Å². The van der Waals surface area contributed by atoms with Gasteiger partial charge < -0.3 is 16.0 Å². The summed E-state index contributed by atoms with van der Waals surface area (Å²) in [5, 5.41) is 11.0. The van der Waals surface area contributed by atoms with Crippen molar-refractivity contribution in [3.8, 4) is 0 Å². The minimum Gasteiger partial charge on any atom is -0.389 e. The van der Waals surface area contributed by atoms with E-state index in [-0.39, 0.29) is 57.7 Å². The molecule has 0 unspecified atom stereocenters. The van der Waals surface area contributed by atoms with Crippen LogP contribution in [0.4, 0.5) is 0 Å². The fraction of sp³-hybridized carbons (Fsp3) is 0.222. The molecule has 0 aliphatic heterocycles. The van der Waals surface area contributed by atoms with E-state index in [4.69, 9.17) is 34.8 Å². The third-order valence-corrected chi connectivity index (χ3v) is 6.11. The van der Waals surface area contributed by atoms with Gasteiger partial charge in [-0.25, -0.2) is 0 Å². The zero-order chi connectivity index (χ0) is 26.6. The second kappa shape index (κ2) is 17.0. The van der Waals surface area contributed by atoms with Gasteiger partial charge in [-0.3, -0.25) is 19.3 Å². The van der Waals surface area contributed by atoms with E-state index < -0.39 is 0 Å². The smallest absolute Gasteiger partial charge is 0.187 e. The minimum atomic E-state index is -0.106. The van der Waals surface area contributed by atoms with Crippen molar-refractivity contribution in [3.05, 3.63) is 105 Å². The fourth-order valence-electron chi connectivity index (χ4n) is 3.45. The van der Waals surface area contributed by atoms with Crippen molar-refractivity contribution < 1.29 is 54.8 Å². The average molecular weight is 712 g/mol. The molecule has 0 fully saturated rings. The Morgan fingerprint density at radius 1 is 0.553 bits per heavy atom. The van der Waals surface area contributed by atoms with Crippen LogP contribution in [-0.4, -0.2) is 61.5 Å². The van der Waals surface area contributed by atoms with Crippen molar-refractivity contribution in [2.45, 2.75) is 0 Å². The van der Waals surface area contributed by atoms with Crippen LogP contribution >= 0.6 is 34.8 Å². The van der Waals surface area contributed by atoms with Gasteiger partial charge in [0.2, 0.25) is 0 Å². The van der Waals surface area contributed by atoms with E-state index in [2.05, 4.69) is 20.9 Å². The first-order valence-corrected chi connectivity index (χ1v) is 12.8. The SMILES string of the molecule is O=C1C=CC(Cl)=CC1=CNCCN(CCNC=C1C=C(Cl)C=CC1=O)CCNC=C1C=C(Cl)C=CC1=O.[Sm]. The molecule has 0 aromatic rings. The first-order valence-electron chi connectivity index (χ1n) is 11.6. The largest absolute Gasteiger partial charge is 0.389 e. The summed E-state index contributed by atoms with van der Waals surface area (Å²) in [4.78, 5) is 38.0. The summed E-state index contributed by atoms with van der Waals surface area (Å²) in [5.74, 6) is -0.317. The molecule has 0 spiro atoms. The average Bonchev–Trinajstić information content (AvgIpc) is 2.87. The van der Waals surface area contributed by atoms with E-state index >= 15 is 0 Å². The topological polar surface area (TPSA) is 90.5 Å². The number of rotatable bonds is 12. The van der Waals surface area contributed by atoms with Crippen LogP contribution < -0.4 is 16.0 Å². The number of nitrogens with one attached hydrogen (secondary N) is 3. The van der Waals surface area contributed by atoms with Crippen LogP contribution in [0.3, 0.4) is 0 Å². The molecule has 0 aromatic heterocycles. The fourth-order valence-corrected chi connectivity index (χ4v) is 3.99. The van der Waals surface area contributed by atoms with E-state index in [9.17, 15) is 14.4 Å². The molecule has 0 heterocycles. The van der Waals surface area contributed by atoms with Crippen molar-refractivity contribution in [1.29, 1.82) is 0 Å². The van der Waals surface area contributed by atoms with Crippen molar-refractivity contribution in [3.63, 3.8) is 0 Å². The van der Waals surface area contributed by atoms with Gasteiger partial charge in [0.15, 0.2) is 17.3 Å². The normalized spacial score (nSPS) is 20.1. The summed E-state index contributed by atoms with van der Waals surface area (Å²) in [6.45, 7) is 3.83. The van der Waals surface area contributed by atoms with Gasteiger partial charge in [-0.2, -0.15) is 0 Å². The van der Waals surface area contributed by atoms with Crippen LogP contribution in [0, 0.1) is 40.4 Å². The van der Waals surface area contributed by atoms with Gasteiger partial charge in [-0.05, 0) is 54.7 Å². The van der Waals surface area contributed by atoms with Crippen molar-refractivity contribution in [2.24, 2.45) is 0 Å². The summed E-state index contributed by atoms with van der Waals surface area (Å²) in [5.41, 5.74) is 1.49. The van der Waals surface area contributed by atoms with Crippen LogP contribution in [0.2, 0.25) is 0 Å². The van der Waals surface area contributed by atoms with Gasteiger partial charge in [-0.1, -0.05) is 34.8 Å². The summed E-state index contributed by atoms with van der Waals surface area (Å²) >= 11 is 17.9. The summed E-state index contributed by atoms with van der Waals surface area (Å²) in [6, 6.07) is 0. The van der Waals surface area contributed by atoms with E-state index in [1.807, 2.05) is 0 Å². The van der Waals surface area contributed by atoms with Gasteiger partial charge in [0.1, 0.15) is 0 Å². The third-order valence-electron chi connectivity index (χ3n) is 5.41. The van der Waals surface area contributed by atoms with Gasteiger partial charge in [0.05, 0.1) is 0 Å². The first kappa shape index (κ1) is 32.4. The molecule has 0 saturated carbocycles. The van der Waals surface area contributed by atoms with Crippen LogP contribution in [0.25, 0.3) is 0 Å². The third kappa shape index (κ3) is 11.2. The molecule has 7 nitrogen and oxygen atoms in total. The summed E-state index contributed by atoms with van der Waals surface area (Å²) in [6.07, 6.45) is 18.8. The van der Waals surface area contributed by atoms with Crippen LogP contribution in [-0.2, 0) is 14.4 Å². The Balaban J connectivity index is 0.00000507. The number of nitrogens with zero attached hydrogens (tertiary/aromatic N) is 1. The monoisotopic (exact) mass is 712 g/mol. The van der Waals surface area contributed by atoms with Crippen LogP contribution in [0.5, 0.6) is 0 Å².